The van der Waals surface area contributed by atoms with Gasteiger partial charge in [0, 0.05) is 30.8 Å². The highest BCUT2D eigenvalue weighted by Gasteiger charge is 2.11. The van der Waals surface area contributed by atoms with Crippen molar-refractivity contribution in [3.63, 3.8) is 0 Å². The molecule has 108 valence electrons. The van der Waals surface area contributed by atoms with E-state index in [4.69, 9.17) is 16.3 Å². The van der Waals surface area contributed by atoms with E-state index >= 15 is 0 Å². The minimum Gasteiger partial charge on any atom is -0.497 e. The topological polar surface area (TPSA) is 39.9 Å². The van der Waals surface area contributed by atoms with Gasteiger partial charge in [-0.25, -0.2) is 4.98 Å². The molecule has 0 aliphatic rings. The van der Waals surface area contributed by atoms with Crippen LogP contribution in [0.2, 0.25) is 0 Å². The normalized spacial score (nSPS) is 11.0. The van der Waals surface area contributed by atoms with E-state index in [2.05, 4.69) is 20.6 Å². The Morgan fingerprint density at radius 1 is 1.29 bits per heavy atom. The molecule has 2 heterocycles. The fourth-order valence-corrected chi connectivity index (χ4v) is 2.58. The molecule has 3 rings (SSSR count). The smallest absolute Gasteiger partial charge is 0.121 e. The molecule has 0 aliphatic carbocycles. The summed E-state index contributed by atoms with van der Waals surface area (Å²) in [6.07, 6.45) is 4.39. The van der Waals surface area contributed by atoms with E-state index in [0.717, 1.165) is 41.1 Å². The quantitative estimate of drug-likeness (QED) is 0.679. The number of halogens is 1. The molecule has 1 aromatic carbocycles. The van der Waals surface area contributed by atoms with Crippen molar-refractivity contribution >= 4 is 22.6 Å². The number of methoxy groups -OCH3 is 1. The largest absolute Gasteiger partial charge is 0.497 e. The first-order valence-electron chi connectivity index (χ1n) is 6.80. The van der Waals surface area contributed by atoms with Crippen molar-refractivity contribution in [2.75, 3.05) is 13.0 Å². The van der Waals surface area contributed by atoms with Gasteiger partial charge in [0.2, 0.25) is 0 Å². The number of ether oxygens (including phenoxy) is 1. The average Bonchev–Trinajstić information content (AvgIpc) is 2.85. The van der Waals surface area contributed by atoms with Crippen molar-refractivity contribution in [1.29, 1.82) is 0 Å². The summed E-state index contributed by atoms with van der Waals surface area (Å²) >= 11 is 5.91. The Morgan fingerprint density at radius 2 is 2.19 bits per heavy atom. The third kappa shape index (κ3) is 2.85. The predicted molar refractivity (Wildman–Crippen MR) is 84.0 cm³/mol. The van der Waals surface area contributed by atoms with Crippen LogP contribution >= 0.6 is 11.6 Å². The Bertz CT molecular complexity index is 740. The second-order valence-electron chi connectivity index (χ2n) is 4.77. The Morgan fingerprint density at radius 3 is 2.90 bits per heavy atom. The van der Waals surface area contributed by atoms with Crippen LogP contribution in [0.4, 0.5) is 0 Å². The van der Waals surface area contributed by atoms with Crippen LogP contribution in [0.3, 0.4) is 0 Å². The van der Waals surface area contributed by atoms with E-state index in [1.807, 2.05) is 30.5 Å². The summed E-state index contributed by atoms with van der Waals surface area (Å²) in [5.41, 5.74) is 3.15. The molecule has 0 radical (unpaired) electrons. The van der Waals surface area contributed by atoms with Gasteiger partial charge >= 0.3 is 0 Å². The van der Waals surface area contributed by atoms with Crippen molar-refractivity contribution in [2.45, 2.75) is 13.0 Å². The molecule has 0 spiro atoms. The standard InChI is InChI=1S/C16H16ClN3O/c1-21-13-4-5-15-14(9-13)19-16(6-7-17)20(15)11-12-3-2-8-18-10-12/h2-5,8-10H,6-7,11H2,1H3. The van der Waals surface area contributed by atoms with E-state index in [-0.39, 0.29) is 0 Å². The number of benzene rings is 1. The summed E-state index contributed by atoms with van der Waals surface area (Å²) in [4.78, 5) is 8.85. The molecule has 0 saturated carbocycles. The minimum atomic E-state index is 0.549. The number of rotatable bonds is 5. The van der Waals surface area contributed by atoms with Crippen molar-refractivity contribution in [1.82, 2.24) is 14.5 Å². The maximum Gasteiger partial charge on any atom is 0.121 e. The van der Waals surface area contributed by atoms with Gasteiger partial charge in [0.15, 0.2) is 0 Å². The molecule has 21 heavy (non-hydrogen) atoms. The SMILES string of the molecule is COc1ccc2c(c1)nc(CCCl)n2Cc1cccnc1. The van der Waals surface area contributed by atoms with E-state index in [1.54, 1.807) is 13.3 Å². The van der Waals surface area contributed by atoms with Crippen LogP contribution in [0.15, 0.2) is 42.7 Å². The van der Waals surface area contributed by atoms with Crippen LogP contribution in [0.5, 0.6) is 5.75 Å². The average molecular weight is 302 g/mol. The molecular weight excluding hydrogens is 286 g/mol. The highest BCUT2D eigenvalue weighted by molar-refractivity contribution is 6.17. The van der Waals surface area contributed by atoms with E-state index in [0.29, 0.717) is 5.88 Å². The highest BCUT2D eigenvalue weighted by atomic mass is 35.5. The summed E-state index contributed by atoms with van der Waals surface area (Å²) in [6.45, 7) is 0.739. The van der Waals surface area contributed by atoms with Crippen molar-refractivity contribution in [3.8, 4) is 5.75 Å². The zero-order chi connectivity index (χ0) is 14.7. The number of fused-ring (bicyclic) bond motifs is 1. The number of aromatic nitrogens is 3. The molecule has 0 bridgehead atoms. The summed E-state index contributed by atoms with van der Waals surface area (Å²) in [5.74, 6) is 2.34. The molecular formula is C16H16ClN3O. The maximum atomic E-state index is 5.91. The second-order valence-corrected chi connectivity index (χ2v) is 5.15. The molecule has 3 aromatic rings. The second kappa shape index (κ2) is 6.14. The fourth-order valence-electron chi connectivity index (χ4n) is 2.41. The number of nitrogens with zero attached hydrogens (tertiary/aromatic N) is 3. The fraction of sp³-hybridized carbons (Fsp3) is 0.250. The lowest BCUT2D eigenvalue weighted by Gasteiger charge is -2.08. The Hall–Kier alpha value is -2.07. The van der Waals surface area contributed by atoms with Crippen LogP contribution in [-0.4, -0.2) is 27.5 Å². The van der Waals surface area contributed by atoms with Crippen LogP contribution in [0.1, 0.15) is 11.4 Å². The Kier molecular flexibility index (Phi) is 4.06. The lowest BCUT2D eigenvalue weighted by molar-refractivity contribution is 0.415. The third-order valence-corrected chi connectivity index (χ3v) is 3.61. The number of aryl methyl sites for hydroxylation is 1. The van der Waals surface area contributed by atoms with Crippen molar-refractivity contribution in [2.24, 2.45) is 0 Å². The van der Waals surface area contributed by atoms with Gasteiger partial charge in [-0.15, -0.1) is 11.6 Å². The zero-order valence-electron chi connectivity index (χ0n) is 11.8. The molecule has 0 fully saturated rings. The molecule has 0 aliphatic heterocycles. The number of pyridine rings is 1. The molecule has 0 N–H and O–H groups in total. The lowest BCUT2D eigenvalue weighted by atomic mass is 10.2. The molecule has 0 amide bonds. The van der Waals surface area contributed by atoms with Crippen LogP contribution in [0, 0.1) is 0 Å². The van der Waals surface area contributed by atoms with E-state index < -0.39 is 0 Å². The monoisotopic (exact) mass is 301 g/mol. The van der Waals surface area contributed by atoms with Gasteiger partial charge in [-0.3, -0.25) is 4.98 Å². The molecule has 0 saturated heterocycles. The molecule has 0 atom stereocenters. The minimum absolute atomic E-state index is 0.549. The number of alkyl halides is 1. The number of imidazole rings is 1. The van der Waals surface area contributed by atoms with Gasteiger partial charge in [-0.1, -0.05) is 6.07 Å². The van der Waals surface area contributed by atoms with Gasteiger partial charge in [-0.2, -0.15) is 0 Å². The first kappa shape index (κ1) is 13.9. The summed E-state index contributed by atoms with van der Waals surface area (Å²) in [7, 11) is 1.66. The van der Waals surface area contributed by atoms with Crippen LogP contribution in [-0.2, 0) is 13.0 Å². The van der Waals surface area contributed by atoms with Crippen molar-refractivity contribution in [3.05, 3.63) is 54.1 Å². The molecule has 2 aromatic heterocycles. The first-order chi connectivity index (χ1) is 10.3. The van der Waals surface area contributed by atoms with Gasteiger partial charge < -0.3 is 9.30 Å². The highest BCUT2D eigenvalue weighted by Crippen LogP contribution is 2.23. The van der Waals surface area contributed by atoms with Crippen LogP contribution in [0.25, 0.3) is 11.0 Å². The molecule has 4 nitrogen and oxygen atoms in total. The first-order valence-corrected chi connectivity index (χ1v) is 7.33. The third-order valence-electron chi connectivity index (χ3n) is 3.42. The lowest BCUT2D eigenvalue weighted by Crippen LogP contribution is -2.06. The van der Waals surface area contributed by atoms with E-state index in [9.17, 15) is 0 Å². The summed E-state index contributed by atoms with van der Waals surface area (Å²) < 4.78 is 7.45. The Labute approximate surface area is 128 Å². The number of hydrogen-bond acceptors (Lipinski definition) is 3. The molecule has 5 heteroatoms. The van der Waals surface area contributed by atoms with Crippen molar-refractivity contribution < 1.29 is 4.74 Å². The van der Waals surface area contributed by atoms with E-state index in [1.165, 1.54) is 0 Å². The maximum absolute atomic E-state index is 5.91. The predicted octanol–water partition coefficient (Wildman–Crippen LogP) is 3.27. The van der Waals surface area contributed by atoms with Crippen LogP contribution < -0.4 is 4.74 Å². The van der Waals surface area contributed by atoms with Gasteiger partial charge in [0.1, 0.15) is 11.6 Å². The molecule has 0 unspecified atom stereocenters. The van der Waals surface area contributed by atoms with Gasteiger partial charge in [-0.05, 0) is 23.8 Å². The van der Waals surface area contributed by atoms with Gasteiger partial charge in [0.25, 0.3) is 0 Å². The van der Waals surface area contributed by atoms with Gasteiger partial charge in [0.05, 0.1) is 24.7 Å². The number of hydrogen-bond donors (Lipinski definition) is 0. The summed E-state index contributed by atoms with van der Waals surface area (Å²) in [5, 5.41) is 0. The Balaban J connectivity index is 2.07. The summed E-state index contributed by atoms with van der Waals surface area (Å²) in [6, 6.07) is 9.95. The zero-order valence-corrected chi connectivity index (χ0v) is 12.5.